The minimum Gasteiger partial charge on any atom is -0.478 e. The molecule has 0 aromatic heterocycles. The van der Waals surface area contributed by atoms with Gasteiger partial charge in [0.2, 0.25) is 5.91 Å². The van der Waals surface area contributed by atoms with Crippen LogP contribution in [0.15, 0.2) is 18.2 Å². The van der Waals surface area contributed by atoms with E-state index in [0.717, 1.165) is 0 Å². The van der Waals surface area contributed by atoms with Gasteiger partial charge in [0, 0.05) is 5.69 Å². The van der Waals surface area contributed by atoms with Crippen LogP contribution in [0.1, 0.15) is 31.1 Å². The summed E-state index contributed by atoms with van der Waals surface area (Å²) in [5, 5.41) is 14.7. The lowest BCUT2D eigenvalue weighted by Gasteiger charge is -2.24. The second-order valence-corrected chi connectivity index (χ2v) is 5.02. The van der Waals surface area contributed by atoms with E-state index in [1.54, 1.807) is 13.8 Å². The molecule has 19 heavy (non-hydrogen) atoms. The van der Waals surface area contributed by atoms with Gasteiger partial charge in [-0.05, 0) is 38.6 Å². The van der Waals surface area contributed by atoms with E-state index in [1.807, 2.05) is 6.92 Å². The number of halogens is 1. The summed E-state index contributed by atoms with van der Waals surface area (Å²) in [6, 6.07) is 4.29. The van der Waals surface area contributed by atoms with Crippen LogP contribution in [0.2, 0.25) is 5.02 Å². The molecule has 0 aliphatic heterocycles. The monoisotopic (exact) mass is 284 g/mol. The summed E-state index contributed by atoms with van der Waals surface area (Å²) in [6.07, 6.45) is 0. The molecule has 1 aromatic rings. The van der Waals surface area contributed by atoms with E-state index >= 15 is 0 Å². The quantitative estimate of drug-likeness (QED) is 0.776. The van der Waals surface area contributed by atoms with Crippen LogP contribution >= 0.6 is 11.6 Å². The molecule has 0 saturated heterocycles. The van der Waals surface area contributed by atoms with Gasteiger partial charge in [-0.15, -0.1) is 0 Å². The number of nitrogens with one attached hydrogen (secondary N) is 2. The predicted molar refractivity (Wildman–Crippen MR) is 74.8 cm³/mol. The first kappa shape index (κ1) is 15.5. The van der Waals surface area contributed by atoms with Gasteiger partial charge in [0.1, 0.15) is 0 Å². The second-order valence-electron chi connectivity index (χ2n) is 4.61. The van der Waals surface area contributed by atoms with E-state index in [1.165, 1.54) is 18.2 Å². The first-order chi connectivity index (χ1) is 8.77. The molecular formula is C13H17ClN2O3. The maximum Gasteiger partial charge on any atom is 0.337 e. The Hall–Kier alpha value is -1.59. The maximum absolute atomic E-state index is 12.0. The van der Waals surface area contributed by atoms with E-state index in [9.17, 15) is 9.59 Å². The number of carbonyl (C=O) groups excluding carboxylic acids is 1. The van der Waals surface area contributed by atoms with Crippen molar-refractivity contribution in [1.82, 2.24) is 5.32 Å². The molecule has 0 bridgehead atoms. The van der Waals surface area contributed by atoms with E-state index in [-0.39, 0.29) is 16.5 Å². The molecule has 0 radical (unpaired) electrons. The predicted octanol–water partition coefficient (Wildman–Crippen LogP) is 2.36. The summed E-state index contributed by atoms with van der Waals surface area (Å²) in [5.41, 5.74) is -0.247. The summed E-state index contributed by atoms with van der Waals surface area (Å²) < 4.78 is 0. The average Bonchev–Trinajstić information content (AvgIpc) is 2.28. The van der Waals surface area contributed by atoms with Crippen LogP contribution in [0, 0.1) is 0 Å². The van der Waals surface area contributed by atoms with Crippen molar-refractivity contribution in [2.45, 2.75) is 26.3 Å². The Kier molecular flexibility index (Phi) is 4.91. The van der Waals surface area contributed by atoms with Crippen LogP contribution in [0.3, 0.4) is 0 Å². The number of hydrogen-bond acceptors (Lipinski definition) is 3. The first-order valence-electron chi connectivity index (χ1n) is 5.87. The lowest BCUT2D eigenvalue weighted by molar-refractivity contribution is -0.121. The molecule has 3 N–H and O–H groups in total. The largest absolute Gasteiger partial charge is 0.478 e. The van der Waals surface area contributed by atoms with E-state index in [2.05, 4.69) is 10.6 Å². The van der Waals surface area contributed by atoms with Gasteiger partial charge in [-0.2, -0.15) is 0 Å². The van der Waals surface area contributed by atoms with Gasteiger partial charge >= 0.3 is 5.97 Å². The number of aromatic carboxylic acids is 1. The third-order valence-electron chi connectivity index (χ3n) is 2.64. The summed E-state index contributed by atoms with van der Waals surface area (Å²) >= 11 is 5.84. The summed E-state index contributed by atoms with van der Waals surface area (Å²) in [6.45, 7) is 6.10. The third kappa shape index (κ3) is 3.94. The number of benzene rings is 1. The van der Waals surface area contributed by atoms with Gasteiger partial charge in [0.15, 0.2) is 0 Å². The van der Waals surface area contributed by atoms with E-state index < -0.39 is 11.5 Å². The Balaban J connectivity index is 2.87. The molecule has 0 spiro atoms. The van der Waals surface area contributed by atoms with Crippen molar-refractivity contribution in [1.29, 1.82) is 0 Å². The first-order valence-corrected chi connectivity index (χ1v) is 6.25. The van der Waals surface area contributed by atoms with Gasteiger partial charge < -0.3 is 15.7 Å². The molecule has 104 valence electrons. The van der Waals surface area contributed by atoms with E-state index in [0.29, 0.717) is 12.2 Å². The zero-order chi connectivity index (χ0) is 14.6. The van der Waals surface area contributed by atoms with Crippen molar-refractivity contribution in [2.24, 2.45) is 0 Å². The molecule has 0 aliphatic carbocycles. The number of hydrogen-bond donors (Lipinski definition) is 3. The van der Waals surface area contributed by atoms with Crippen molar-refractivity contribution >= 4 is 29.2 Å². The van der Waals surface area contributed by atoms with Gasteiger partial charge in [0.25, 0.3) is 0 Å². The smallest absolute Gasteiger partial charge is 0.337 e. The van der Waals surface area contributed by atoms with Crippen molar-refractivity contribution in [3.63, 3.8) is 0 Å². The van der Waals surface area contributed by atoms with Gasteiger partial charge in [-0.25, -0.2) is 4.79 Å². The fourth-order valence-electron chi connectivity index (χ4n) is 1.58. The van der Waals surface area contributed by atoms with Crippen LogP contribution in [0.5, 0.6) is 0 Å². The highest BCUT2D eigenvalue weighted by Crippen LogP contribution is 2.21. The zero-order valence-corrected chi connectivity index (χ0v) is 11.8. The number of amides is 1. The number of carboxylic acids is 1. The van der Waals surface area contributed by atoms with Gasteiger partial charge in [-0.1, -0.05) is 18.5 Å². The third-order valence-corrected chi connectivity index (χ3v) is 2.96. The average molecular weight is 285 g/mol. The standard InChI is InChI=1S/C13H17ClN2O3/c1-4-15-13(2,3)12(19)16-8-5-6-9(11(17)18)10(14)7-8/h5-7,15H,4H2,1-3H3,(H,16,19)(H,17,18). The molecule has 1 aromatic carbocycles. The molecule has 1 rings (SSSR count). The van der Waals surface area contributed by atoms with Crippen molar-refractivity contribution in [3.8, 4) is 0 Å². The summed E-state index contributed by atoms with van der Waals surface area (Å²) in [4.78, 5) is 22.8. The molecule has 5 nitrogen and oxygen atoms in total. The number of likely N-dealkylation sites (N-methyl/N-ethyl adjacent to an activating group) is 1. The molecule has 0 fully saturated rings. The highest BCUT2D eigenvalue weighted by molar-refractivity contribution is 6.33. The Morgan fingerprint density at radius 2 is 2.00 bits per heavy atom. The molecule has 1 amide bonds. The maximum atomic E-state index is 12.0. The Bertz CT molecular complexity index is 501. The number of anilines is 1. The normalized spacial score (nSPS) is 11.2. The summed E-state index contributed by atoms with van der Waals surface area (Å²) in [5.74, 6) is -1.32. The van der Waals surface area contributed by atoms with Crippen molar-refractivity contribution in [2.75, 3.05) is 11.9 Å². The molecule has 0 saturated carbocycles. The van der Waals surface area contributed by atoms with Gasteiger partial charge in [0.05, 0.1) is 16.1 Å². The molecule has 0 aliphatic rings. The van der Waals surface area contributed by atoms with E-state index in [4.69, 9.17) is 16.7 Å². The van der Waals surface area contributed by atoms with Crippen LogP contribution in [-0.2, 0) is 4.79 Å². The number of carbonyl (C=O) groups is 2. The van der Waals surface area contributed by atoms with Crippen molar-refractivity contribution in [3.05, 3.63) is 28.8 Å². The van der Waals surface area contributed by atoms with Crippen LogP contribution in [0.25, 0.3) is 0 Å². The Morgan fingerprint density at radius 1 is 1.37 bits per heavy atom. The molecular weight excluding hydrogens is 268 g/mol. The Morgan fingerprint density at radius 3 is 2.47 bits per heavy atom. The molecule has 0 heterocycles. The molecule has 0 unspecified atom stereocenters. The molecule has 6 heteroatoms. The fraction of sp³-hybridized carbons (Fsp3) is 0.385. The Labute approximate surface area is 117 Å². The highest BCUT2D eigenvalue weighted by Gasteiger charge is 2.26. The lowest BCUT2D eigenvalue weighted by atomic mass is 10.0. The van der Waals surface area contributed by atoms with Crippen LogP contribution in [-0.4, -0.2) is 29.1 Å². The topological polar surface area (TPSA) is 78.4 Å². The summed E-state index contributed by atoms with van der Waals surface area (Å²) in [7, 11) is 0. The van der Waals surface area contributed by atoms with Crippen molar-refractivity contribution < 1.29 is 14.7 Å². The SMILES string of the molecule is CCNC(C)(C)C(=O)Nc1ccc(C(=O)O)c(Cl)c1. The van der Waals surface area contributed by atoms with Gasteiger partial charge in [-0.3, -0.25) is 4.79 Å². The second kappa shape index (κ2) is 6.04. The van der Waals surface area contributed by atoms with Crippen LogP contribution in [0.4, 0.5) is 5.69 Å². The highest BCUT2D eigenvalue weighted by atomic mass is 35.5. The number of carboxylic acid groups (broad SMARTS) is 1. The lowest BCUT2D eigenvalue weighted by Crippen LogP contribution is -2.49. The minimum absolute atomic E-state index is 0.00519. The zero-order valence-electron chi connectivity index (χ0n) is 11.1. The minimum atomic E-state index is -1.10. The number of rotatable bonds is 5. The fourth-order valence-corrected chi connectivity index (χ4v) is 1.84. The molecule has 0 atom stereocenters. The van der Waals surface area contributed by atoms with Crippen LogP contribution < -0.4 is 10.6 Å².